The van der Waals surface area contributed by atoms with Crippen LogP contribution in [0.15, 0.2) is 18.3 Å². The standard InChI is InChI=1S/C14H20N4/c1-11(2)18-7-5-12(6-8-18)17-14-4-3-13(9-15)16-10-14/h3-4,10-12,17H,5-8H2,1-2H3. The van der Waals surface area contributed by atoms with E-state index in [4.69, 9.17) is 5.26 Å². The zero-order valence-corrected chi connectivity index (χ0v) is 11.1. The van der Waals surface area contributed by atoms with Crippen molar-refractivity contribution >= 4 is 5.69 Å². The van der Waals surface area contributed by atoms with Crippen molar-refractivity contribution in [3.05, 3.63) is 24.0 Å². The number of piperidine rings is 1. The summed E-state index contributed by atoms with van der Waals surface area (Å²) in [4.78, 5) is 6.58. The lowest BCUT2D eigenvalue weighted by atomic mass is 10.0. The van der Waals surface area contributed by atoms with Crippen LogP contribution < -0.4 is 5.32 Å². The van der Waals surface area contributed by atoms with Gasteiger partial charge in [0.1, 0.15) is 11.8 Å². The minimum Gasteiger partial charge on any atom is -0.381 e. The number of pyridine rings is 1. The summed E-state index contributed by atoms with van der Waals surface area (Å²) in [5.74, 6) is 0. The molecule has 0 aromatic carbocycles. The maximum Gasteiger partial charge on any atom is 0.140 e. The molecule has 0 bridgehead atoms. The van der Waals surface area contributed by atoms with Gasteiger partial charge in [-0.3, -0.25) is 0 Å². The smallest absolute Gasteiger partial charge is 0.140 e. The summed E-state index contributed by atoms with van der Waals surface area (Å²) in [5, 5.41) is 12.2. The van der Waals surface area contributed by atoms with Gasteiger partial charge in [-0.05, 0) is 38.8 Å². The number of rotatable bonds is 3. The molecule has 1 aromatic rings. The van der Waals surface area contributed by atoms with Gasteiger partial charge in [-0.25, -0.2) is 4.98 Å². The fraction of sp³-hybridized carbons (Fsp3) is 0.571. The number of likely N-dealkylation sites (tertiary alicyclic amines) is 1. The zero-order chi connectivity index (χ0) is 13.0. The summed E-state index contributed by atoms with van der Waals surface area (Å²) in [6, 6.07) is 6.88. The Morgan fingerprint density at radius 1 is 1.39 bits per heavy atom. The minimum atomic E-state index is 0.468. The first-order valence-electron chi connectivity index (χ1n) is 6.56. The van der Waals surface area contributed by atoms with Crippen LogP contribution in [0.4, 0.5) is 5.69 Å². The molecule has 0 radical (unpaired) electrons. The van der Waals surface area contributed by atoms with E-state index >= 15 is 0 Å². The lowest BCUT2D eigenvalue weighted by Crippen LogP contribution is -2.42. The van der Waals surface area contributed by atoms with Crippen molar-refractivity contribution in [3.8, 4) is 6.07 Å². The van der Waals surface area contributed by atoms with Gasteiger partial charge in [0.15, 0.2) is 0 Å². The number of nitrogens with one attached hydrogen (secondary N) is 1. The molecule has 2 rings (SSSR count). The van der Waals surface area contributed by atoms with Crippen LogP contribution in [-0.2, 0) is 0 Å². The summed E-state index contributed by atoms with van der Waals surface area (Å²) in [6.07, 6.45) is 4.07. The first-order chi connectivity index (χ1) is 8.69. The Morgan fingerprint density at radius 2 is 2.11 bits per heavy atom. The van der Waals surface area contributed by atoms with Gasteiger partial charge in [-0.2, -0.15) is 5.26 Å². The van der Waals surface area contributed by atoms with Gasteiger partial charge in [0.25, 0.3) is 0 Å². The van der Waals surface area contributed by atoms with Gasteiger partial charge in [-0.15, -0.1) is 0 Å². The zero-order valence-electron chi connectivity index (χ0n) is 11.1. The molecule has 0 saturated carbocycles. The van der Waals surface area contributed by atoms with Gasteiger partial charge in [0, 0.05) is 25.2 Å². The van der Waals surface area contributed by atoms with E-state index in [-0.39, 0.29) is 0 Å². The highest BCUT2D eigenvalue weighted by atomic mass is 15.2. The van der Waals surface area contributed by atoms with E-state index in [0.717, 1.165) is 31.6 Å². The quantitative estimate of drug-likeness (QED) is 0.886. The van der Waals surface area contributed by atoms with E-state index in [2.05, 4.69) is 29.0 Å². The molecule has 18 heavy (non-hydrogen) atoms. The molecule has 0 amide bonds. The van der Waals surface area contributed by atoms with Crippen LogP contribution in [0.5, 0.6) is 0 Å². The van der Waals surface area contributed by atoms with Crippen molar-refractivity contribution in [2.24, 2.45) is 0 Å². The normalized spacial score (nSPS) is 17.7. The van der Waals surface area contributed by atoms with Crippen molar-refractivity contribution in [3.63, 3.8) is 0 Å². The second kappa shape index (κ2) is 5.83. The van der Waals surface area contributed by atoms with Gasteiger partial charge in [0.05, 0.1) is 11.9 Å². The van der Waals surface area contributed by atoms with Gasteiger partial charge < -0.3 is 10.2 Å². The second-order valence-electron chi connectivity index (χ2n) is 5.09. The molecule has 1 aliphatic heterocycles. The average molecular weight is 244 g/mol. The highest BCUT2D eigenvalue weighted by Gasteiger charge is 2.20. The molecule has 0 aliphatic carbocycles. The molecule has 0 atom stereocenters. The molecule has 1 aliphatic rings. The van der Waals surface area contributed by atoms with E-state index in [1.54, 1.807) is 12.3 Å². The van der Waals surface area contributed by atoms with Crippen LogP contribution in [0.25, 0.3) is 0 Å². The topological polar surface area (TPSA) is 52.0 Å². The average Bonchev–Trinajstić information content (AvgIpc) is 2.40. The van der Waals surface area contributed by atoms with E-state index in [1.807, 2.05) is 12.1 Å². The molecule has 0 spiro atoms. The molecule has 2 heterocycles. The number of anilines is 1. The van der Waals surface area contributed by atoms with Crippen molar-refractivity contribution in [1.82, 2.24) is 9.88 Å². The number of aromatic nitrogens is 1. The first kappa shape index (κ1) is 12.8. The third-order valence-corrected chi connectivity index (χ3v) is 3.51. The fourth-order valence-corrected chi connectivity index (χ4v) is 2.34. The van der Waals surface area contributed by atoms with Crippen LogP contribution in [0.1, 0.15) is 32.4 Å². The van der Waals surface area contributed by atoms with Crippen molar-refractivity contribution < 1.29 is 0 Å². The number of hydrogen-bond acceptors (Lipinski definition) is 4. The number of nitriles is 1. The molecule has 1 saturated heterocycles. The van der Waals surface area contributed by atoms with Crippen LogP contribution in [0.3, 0.4) is 0 Å². The SMILES string of the molecule is CC(C)N1CCC(Nc2ccc(C#N)nc2)CC1. The summed E-state index contributed by atoms with van der Waals surface area (Å²) in [6.45, 7) is 6.80. The molecular weight excluding hydrogens is 224 g/mol. The lowest BCUT2D eigenvalue weighted by Gasteiger charge is -2.35. The van der Waals surface area contributed by atoms with Gasteiger partial charge in [-0.1, -0.05) is 0 Å². The maximum atomic E-state index is 8.69. The van der Waals surface area contributed by atoms with E-state index in [0.29, 0.717) is 17.8 Å². The molecule has 1 fully saturated rings. The molecule has 96 valence electrons. The summed E-state index contributed by atoms with van der Waals surface area (Å²) in [7, 11) is 0. The Hall–Kier alpha value is -1.60. The molecule has 4 heteroatoms. The summed E-state index contributed by atoms with van der Waals surface area (Å²) in [5.41, 5.74) is 1.48. The number of hydrogen-bond donors (Lipinski definition) is 1. The van der Waals surface area contributed by atoms with Crippen LogP contribution in [0, 0.1) is 11.3 Å². The summed E-state index contributed by atoms with van der Waals surface area (Å²) >= 11 is 0. The predicted molar refractivity (Wildman–Crippen MR) is 72.3 cm³/mol. The Balaban J connectivity index is 1.86. The molecule has 1 aromatic heterocycles. The van der Waals surface area contributed by atoms with Gasteiger partial charge >= 0.3 is 0 Å². The van der Waals surface area contributed by atoms with E-state index < -0.39 is 0 Å². The van der Waals surface area contributed by atoms with Crippen molar-refractivity contribution in [2.45, 2.75) is 38.8 Å². The van der Waals surface area contributed by atoms with Crippen LogP contribution >= 0.6 is 0 Å². The lowest BCUT2D eigenvalue weighted by molar-refractivity contribution is 0.177. The van der Waals surface area contributed by atoms with Crippen LogP contribution in [0.2, 0.25) is 0 Å². The molecule has 4 nitrogen and oxygen atoms in total. The van der Waals surface area contributed by atoms with Gasteiger partial charge in [0.2, 0.25) is 0 Å². The van der Waals surface area contributed by atoms with E-state index in [9.17, 15) is 0 Å². The fourth-order valence-electron chi connectivity index (χ4n) is 2.34. The Kier molecular flexibility index (Phi) is 4.16. The second-order valence-corrected chi connectivity index (χ2v) is 5.09. The largest absolute Gasteiger partial charge is 0.381 e. The predicted octanol–water partition coefficient (Wildman–Crippen LogP) is 2.24. The highest BCUT2D eigenvalue weighted by Crippen LogP contribution is 2.17. The maximum absolute atomic E-state index is 8.69. The highest BCUT2D eigenvalue weighted by molar-refractivity contribution is 5.43. The molecule has 0 unspecified atom stereocenters. The molecule has 1 N–H and O–H groups in total. The van der Waals surface area contributed by atoms with Crippen molar-refractivity contribution in [2.75, 3.05) is 18.4 Å². The Bertz CT molecular complexity index is 410. The van der Waals surface area contributed by atoms with Crippen molar-refractivity contribution in [1.29, 1.82) is 5.26 Å². The molecular formula is C14H20N4. The third-order valence-electron chi connectivity index (χ3n) is 3.51. The minimum absolute atomic E-state index is 0.468. The monoisotopic (exact) mass is 244 g/mol. The Labute approximate surface area is 109 Å². The van der Waals surface area contributed by atoms with E-state index in [1.165, 1.54) is 0 Å². The third kappa shape index (κ3) is 3.21. The van der Waals surface area contributed by atoms with Crippen LogP contribution in [-0.4, -0.2) is 35.1 Å². The first-order valence-corrected chi connectivity index (χ1v) is 6.56. The summed E-state index contributed by atoms with van der Waals surface area (Å²) < 4.78 is 0. The number of nitrogens with zero attached hydrogens (tertiary/aromatic N) is 3. The Morgan fingerprint density at radius 3 is 2.61 bits per heavy atom.